The number of hydrogen-bond acceptors (Lipinski definition) is 3. The summed E-state index contributed by atoms with van der Waals surface area (Å²) in [5.41, 5.74) is 12.6. The minimum atomic E-state index is -0.299. The van der Waals surface area contributed by atoms with Crippen molar-refractivity contribution in [3.05, 3.63) is 29.8 Å². The molecular weight excluding hydrogens is 190 g/mol. The molecule has 0 saturated heterocycles. The van der Waals surface area contributed by atoms with Crippen molar-refractivity contribution in [1.29, 1.82) is 0 Å². The molecule has 4 N–H and O–H groups in total. The van der Waals surface area contributed by atoms with Crippen molar-refractivity contribution in [3.8, 4) is 0 Å². The molecule has 0 aliphatic carbocycles. The van der Waals surface area contributed by atoms with Crippen molar-refractivity contribution in [3.63, 3.8) is 0 Å². The first kappa shape index (κ1) is 11.5. The lowest BCUT2D eigenvalue weighted by atomic mass is 10.2. The Morgan fingerprint density at radius 3 is 2.40 bits per heavy atom. The smallest absolute Gasteiger partial charge is 0.231 e. The van der Waals surface area contributed by atoms with Gasteiger partial charge in [-0.15, -0.1) is 0 Å². The summed E-state index contributed by atoms with van der Waals surface area (Å²) in [4.78, 5) is 12.8. The topological polar surface area (TPSA) is 72.3 Å². The predicted molar refractivity (Wildman–Crippen MR) is 61.0 cm³/mol. The van der Waals surface area contributed by atoms with Crippen LogP contribution in [0.2, 0.25) is 0 Å². The Kier molecular flexibility index (Phi) is 4.12. The van der Waals surface area contributed by atoms with Crippen LogP contribution >= 0.6 is 0 Å². The SMILES string of the molecule is CCN(CC(N)=O)Cc1ccc(N)cc1. The summed E-state index contributed by atoms with van der Waals surface area (Å²) in [6.07, 6.45) is 0. The maximum absolute atomic E-state index is 10.8. The van der Waals surface area contributed by atoms with Gasteiger partial charge in [-0.2, -0.15) is 0 Å². The van der Waals surface area contributed by atoms with Crippen LogP contribution in [0.5, 0.6) is 0 Å². The number of hydrogen-bond donors (Lipinski definition) is 2. The third-order valence-electron chi connectivity index (χ3n) is 2.21. The average Bonchev–Trinajstić information content (AvgIpc) is 2.19. The van der Waals surface area contributed by atoms with E-state index in [-0.39, 0.29) is 5.91 Å². The molecule has 0 aliphatic rings. The van der Waals surface area contributed by atoms with Gasteiger partial charge in [-0.3, -0.25) is 9.69 Å². The predicted octanol–water partition coefficient (Wildman–Crippen LogP) is 0.576. The molecule has 0 fully saturated rings. The van der Waals surface area contributed by atoms with E-state index in [1.165, 1.54) is 0 Å². The van der Waals surface area contributed by atoms with Crippen molar-refractivity contribution in [2.75, 3.05) is 18.8 Å². The van der Waals surface area contributed by atoms with E-state index in [0.29, 0.717) is 6.54 Å². The highest BCUT2D eigenvalue weighted by Crippen LogP contribution is 2.08. The van der Waals surface area contributed by atoms with Gasteiger partial charge in [-0.1, -0.05) is 19.1 Å². The van der Waals surface area contributed by atoms with Crippen LogP contribution in [0.15, 0.2) is 24.3 Å². The zero-order chi connectivity index (χ0) is 11.3. The first-order chi connectivity index (χ1) is 7.11. The fourth-order valence-corrected chi connectivity index (χ4v) is 1.38. The second kappa shape index (κ2) is 5.36. The number of primary amides is 1. The van der Waals surface area contributed by atoms with Crippen molar-refractivity contribution in [2.45, 2.75) is 13.5 Å². The van der Waals surface area contributed by atoms with Crippen molar-refractivity contribution < 1.29 is 4.79 Å². The molecule has 0 bridgehead atoms. The lowest BCUT2D eigenvalue weighted by Crippen LogP contribution is -2.33. The quantitative estimate of drug-likeness (QED) is 0.693. The van der Waals surface area contributed by atoms with Gasteiger partial charge in [-0.25, -0.2) is 0 Å². The number of nitrogens with two attached hydrogens (primary N) is 2. The molecule has 82 valence electrons. The van der Waals surface area contributed by atoms with E-state index in [1.807, 2.05) is 36.1 Å². The van der Waals surface area contributed by atoms with Crippen LogP contribution in [0.1, 0.15) is 12.5 Å². The Hall–Kier alpha value is -1.55. The zero-order valence-electron chi connectivity index (χ0n) is 8.94. The van der Waals surface area contributed by atoms with Gasteiger partial charge in [0.2, 0.25) is 5.91 Å². The van der Waals surface area contributed by atoms with E-state index in [1.54, 1.807) is 0 Å². The highest BCUT2D eigenvalue weighted by atomic mass is 16.1. The number of benzene rings is 1. The first-order valence-corrected chi connectivity index (χ1v) is 4.97. The highest BCUT2D eigenvalue weighted by molar-refractivity contribution is 5.75. The Labute approximate surface area is 89.9 Å². The van der Waals surface area contributed by atoms with E-state index in [9.17, 15) is 4.79 Å². The summed E-state index contributed by atoms with van der Waals surface area (Å²) >= 11 is 0. The molecule has 1 rings (SSSR count). The van der Waals surface area contributed by atoms with Gasteiger partial charge in [-0.05, 0) is 24.2 Å². The number of carbonyl (C=O) groups excluding carboxylic acids is 1. The molecule has 0 radical (unpaired) electrons. The number of likely N-dealkylation sites (N-methyl/N-ethyl adjacent to an activating group) is 1. The molecule has 0 spiro atoms. The Morgan fingerprint density at radius 1 is 1.33 bits per heavy atom. The van der Waals surface area contributed by atoms with Crippen molar-refractivity contribution >= 4 is 11.6 Å². The van der Waals surface area contributed by atoms with Gasteiger partial charge < -0.3 is 11.5 Å². The van der Waals surface area contributed by atoms with Crippen LogP contribution in [0.4, 0.5) is 5.69 Å². The van der Waals surface area contributed by atoms with Crippen LogP contribution < -0.4 is 11.5 Å². The molecular formula is C11H17N3O. The third kappa shape index (κ3) is 3.99. The molecule has 4 heteroatoms. The number of nitrogen functional groups attached to an aromatic ring is 1. The van der Waals surface area contributed by atoms with Gasteiger partial charge in [0.15, 0.2) is 0 Å². The summed E-state index contributed by atoms with van der Waals surface area (Å²) in [7, 11) is 0. The number of amides is 1. The number of rotatable bonds is 5. The Bertz CT molecular complexity index is 321. The summed E-state index contributed by atoms with van der Waals surface area (Å²) in [6.45, 7) is 3.81. The van der Waals surface area contributed by atoms with Crippen LogP contribution in [0, 0.1) is 0 Å². The van der Waals surface area contributed by atoms with Crippen molar-refractivity contribution in [1.82, 2.24) is 4.90 Å². The second-order valence-corrected chi connectivity index (χ2v) is 3.51. The molecule has 1 aromatic carbocycles. The van der Waals surface area contributed by atoms with Crippen molar-refractivity contribution in [2.24, 2.45) is 5.73 Å². The maximum Gasteiger partial charge on any atom is 0.231 e. The minimum Gasteiger partial charge on any atom is -0.399 e. The van der Waals surface area contributed by atoms with Gasteiger partial charge >= 0.3 is 0 Å². The van der Waals surface area contributed by atoms with Gasteiger partial charge in [0.05, 0.1) is 6.54 Å². The minimum absolute atomic E-state index is 0.293. The molecule has 0 heterocycles. The Balaban J connectivity index is 2.58. The van der Waals surface area contributed by atoms with E-state index in [4.69, 9.17) is 11.5 Å². The molecule has 0 aliphatic heterocycles. The molecule has 1 amide bonds. The Morgan fingerprint density at radius 2 is 1.93 bits per heavy atom. The summed E-state index contributed by atoms with van der Waals surface area (Å²) in [6, 6.07) is 7.62. The maximum atomic E-state index is 10.8. The molecule has 4 nitrogen and oxygen atoms in total. The van der Waals surface area contributed by atoms with E-state index < -0.39 is 0 Å². The fourth-order valence-electron chi connectivity index (χ4n) is 1.38. The molecule has 1 aromatic rings. The molecule has 15 heavy (non-hydrogen) atoms. The molecule has 0 unspecified atom stereocenters. The summed E-state index contributed by atoms with van der Waals surface area (Å²) in [5.74, 6) is -0.299. The number of nitrogens with zero attached hydrogens (tertiary/aromatic N) is 1. The van der Waals surface area contributed by atoms with Crippen LogP contribution in [-0.4, -0.2) is 23.9 Å². The number of anilines is 1. The normalized spacial score (nSPS) is 10.5. The third-order valence-corrected chi connectivity index (χ3v) is 2.21. The first-order valence-electron chi connectivity index (χ1n) is 4.97. The second-order valence-electron chi connectivity index (χ2n) is 3.51. The summed E-state index contributed by atoms with van der Waals surface area (Å²) < 4.78 is 0. The van der Waals surface area contributed by atoms with Gasteiger partial charge in [0, 0.05) is 12.2 Å². The van der Waals surface area contributed by atoms with Crippen LogP contribution in [-0.2, 0) is 11.3 Å². The van der Waals surface area contributed by atoms with E-state index in [0.717, 1.165) is 24.3 Å². The lowest BCUT2D eigenvalue weighted by molar-refractivity contribution is -0.119. The highest BCUT2D eigenvalue weighted by Gasteiger charge is 2.06. The van der Waals surface area contributed by atoms with Gasteiger partial charge in [0.25, 0.3) is 0 Å². The molecule has 0 aromatic heterocycles. The lowest BCUT2D eigenvalue weighted by Gasteiger charge is -2.18. The van der Waals surface area contributed by atoms with E-state index in [2.05, 4.69) is 0 Å². The zero-order valence-corrected chi connectivity index (χ0v) is 8.94. The molecule has 0 atom stereocenters. The average molecular weight is 207 g/mol. The summed E-state index contributed by atoms with van der Waals surface area (Å²) in [5, 5.41) is 0. The standard InChI is InChI=1S/C11H17N3O/c1-2-14(8-11(13)15)7-9-3-5-10(12)6-4-9/h3-6H,2,7-8,12H2,1H3,(H2,13,15). The van der Waals surface area contributed by atoms with Crippen LogP contribution in [0.3, 0.4) is 0 Å². The molecule has 0 saturated carbocycles. The van der Waals surface area contributed by atoms with Crippen LogP contribution in [0.25, 0.3) is 0 Å². The number of carbonyl (C=O) groups is 1. The van der Waals surface area contributed by atoms with Gasteiger partial charge in [0.1, 0.15) is 0 Å². The monoisotopic (exact) mass is 207 g/mol. The van der Waals surface area contributed by atoms with E-state index >= 15 is 0 Å². The fraction of sp³-hybridized carbons (Fsp3) is 0.364. The largest absolute Gasteiger partial charge is 0.399 e.